The molecular weight excluding hydrogens is 478 g/mol. The molecule has 8 heteroatoms. The Bertz CT molecular complexity index is 1040. The van der Waals surface area contributed by atoms with Gasteiger partial charge in [-0.3, -0.25) is 4.79 Å². The van der Waals surface area contributed by atoms with Crippen LogP contribution in [0, 0.1) is 0 Å². The summed E-state index contributed by atoms with van der Waals surface area (Å²) in [5.41, 5.74) is 3.00. The number of aromatic nitrogens is 2. The van der Waals surface area contributed by atoms with Crippen molar-refractivity contribution >= 4 is 50.2 Å². The molecule has 1 aromatic carbocycles. The zero-order chi connectivity index (χ0) is 22.0. The number of H-pyrrole nitrogens is 1. The predicted octanol–water partition coefficient (Wildman–Crippen LogP) is 4.41. The third-order valence-corrected chi connectivity index (χ3v) is 6.55. The molecule has 1 aliphatic rings. The van der Waals surface area contributed by atoms with E-state index in [0.717, 1.165) is 39.8 Å². The van der Waals surface area contributed by atoms with Gasteiger partial charge >= 0.3 is 0 Å². The molecule has 0 radical (unpaired) electrons. The normalized spacial score (nSPS) is 15.6. The molecular formula is C23H27BrClN5O. The average Bonchev–Trinajstić information content (AvgIpc) is 3.23. The minimum atomic E-state index is -0.227. The van der Waals surface area contributed by atoms with Crippen molar-refractivity contribution in [3.8, 4) is 0 Å². The average molecular weight is 505 g/mol. The van der Waals surface area contributed by atoms with Gasteiger partial charge in [0.25, 0.3) is 0 Å². The van der Waals surface area contributed by atoms with Gasteiger partial charge in [0.15, 0.2) is 0 Å². The van der Waals surface area contributed by atoms with E-state index < -0.39 is 0 Å². The highest BCUT2D eigenvalue weighted by atomic mass is 79.9. The first-order valence-corrected chi connectivity index (χ1v) is 11.8. The Labute approximate surface area is 196 Å². The van der Waals surface area contributed by atoms with Gasteiger partial charge in [0.05, 0.1) is 16.1 Å². The summed E-state index contributed by atoms with van der Waals surface area (Å²) in [5.74, 6) is -0.0639. The molecule has 1 atom stereocenters. The van der Waals surface area contributed by atoms with E-state index in [1.54, 1.807) is 0 Å². The quantitative estimate of drug-likeness (QED) is 0.522. The van der Waals surface area contributed by atoms with Crippen LogP contribution in [-0.4, -0.2) is 59.5 Å². The first kappa shape index (κ1) is 22.1. The lowest BCUT2D eigenvalue weighted by Crippen LogP contribution is -2.51. The number of piperazine rings is 1. The maximum atomic E-state index is 13.5. The molecule has 0 spiro atoms. The number of rotatable bonds is 6. The molecule has 1 amide bonds. The summed E-state index contributed by atoms with van der Waals surface area (Å²) >= 11 is 9.72. The van der Waals surface area contributed by atoms with Crippen LogP contribution in [0.5, 0.6) is 0 Å². The van der Waals surface area contributed by atoms with Crippen LogP contribution in [0.15, 0.2) is 47.2 Å². The van der Waals surface area contributed by atoms with Crippen molar-refractivity contribution in [2.24, 2.45) is 0 Å². The van der Waals surface area contributed by atoms with Gasteiger partial charge in [0, 0.05) is 61.6 Å². The Balaban J connectivity index is 1.49. The number of fused-ring (bicyclic) bond motifs is 1. The van der Waals surface area contributed by atoms with Crippen molar-refractivity contribution < 1.29 is 4.79 Å². The zero-order valence-corrected chi connectivity index (χ0v) is 20.1. The van der Waals surface area contributed by atoms with Crippen LogP contribution in [0.25, 0.3) is 11.0 Å². The number of nitrogens with zero attached hydrogens (tertiary/aromatic N) is 3. The topological polar surface area (TPSA) is 64.3 Å². The fourth-order valence-electron chi connectivity index (χ4n) is 4.06. The second-order valence-corrected chi connectivity index (χ2v) is 9.46. The van der Waals surface area contributed by atoms with Gasteiger partial charge in [-0.2, -0.15) is 0 Å². The maximum absolute atomic E-state index is 13.5. The summed E-state index contributed by atoms with van der Waals surface area (Å²) in [4.78, 5) is 25.4. The van der Waals surface area contributed by atoms with Crippen LogP contribution >= 0.6 is 27.5 Å². The molecule has 2 aromatic heterocycles. The first-order valence-electron chi connectivity index (χ1n) is 10.6. The Morgan fingerprint density at radius 1 is 1.19 bits per heavy atom. The van der Waals surface area contributed by atoms with E-state index in [9.17, 15) is 4.79 Å². The van der Waals surface area contributed by atoms with Gasteiger partial charge in [-0.25, -0.2) is 4.98 Å². The van der Waals surface area contributed by atoms with E-state index in [-0.39, 0.29) is 11.8 Å². The van der Waals surface area contributed by atoms with Crippen LogP contribution in [0.3, 0.4) is 0 Å². The second kappa shape index (κ2) is 9.59. The van der Waals surface area contributed by atoms with Crippen molar-refractivity contribution in [1.29, 1.82) is 0 Å². The van der Waals surface area contributed by atoms with E-state index in [0.29, 0.717) is 30.7 Å². The van der Waals surface area contributed by atoms with Crippen LogP contribution in [-0.2, 0) is 4.79 Å². The van der Waals surface area contributed by atoms with Gasteiger partial charge in [-0.1, -0.05) is 37.6 Å². The third kappa shape index (κ3) is 4.89. The first-order chi connectivity index (χ1) is 14.9. The molecule has 1 unspecified atom stereocenters. The Morgan fingerprint density at radius 2 is 1.90 bits per heavy atom. The smallest absolute Gasteiger partial charge is 0.231 e. The van der Waals surface area contributed by atoms with Crippen LogP contribution < -0.4 is 10.2 Å². The number of aromatic amines is 1. The number of benzene rings is 1. The SMILES string of the molecule is CC(C)NCC(C(=O)N1CCN(c2c(Br)cnc3[nH]ccc23)CC1)c1ccc(Cl)cc1. The van der Waals surface area contributed by atoms with E-state index >= 15 is 0 Å². The van der Waals surface area contributed by atoms with Gasteiger partial charge in [-0.15, -0.1) is 0 Å². The van der Waals surface area contributed by atoms with Crippen molar-refractivity contribution in [2.45, 2.75) is 25.8 Å². The fraction of sp³-hybridized carbons (Fsp3) is 0.391. The summed E-state index contributed by atoms with van der Waals surface area (Å²) in [5, 5.41) is 5.20. The molecule has 4 rings (SSSR count). The molecule has 0 saturated carbocycles. The summed E-state index contributed by atoms with van der Waals surface area (Å²) in [6.45, 7) is 7.72. The lowest BCUT2D eigenvalue weighted by Gasteiger charge is -2.38. The highest BCUT2D eigenvalue weighted by Gasteiger charge is 2.29. The van der Waals surface area contributed by atoms with Gasteiger partial charge in [0.2, 0.25) is 5.91 Å². The second-order valence-electron chi connectivity index (χ2n) is 8.17. The van der Waals surface area contributed by atoms with Crippen LogP contribution in [0.4, 0.5) is 5.69 Å². The summed E-state index contributed by atoms with van der Waals surface area (Å²) in [6.07, 6.45) is 3.74. The maximum Gasteiger partial charge on any atom is 0.231 e. The number of carbonyl (C=O) groups excluding carboxylic acids is 1. The molecule has 3 heterocycles. The fourth-order valence-corrected chi connectivity index (χ4v) is 4.75. The minimum absolute atomic E-state index is 0.163. The summed E-state index contributed by atoms with van der Waals surface area (Å²) < 4.78 is 0.972. The Hall–Kier alpha value is -2.09. The standard InChI is InChI=1S/C23H27BrClN5O/c1-15(2)27-13-19(16-3-5-17(25)6-4-16)23(31)30-11-9-29(10-12-30)21-18-7-8-26-22(18)28-14-20(21)24/h3-8,14-15,19,27H,9-13H2,1-2H3,(H,26,28). The lowest BCUT2D eigenvalue weighted by atomic mass is 9.96. The van der Waals surface area contributed by atoms with Crippen LogP contribution in [0.2, 0.25) is 5.02 Å². The molecule has 164 valence electrons. The monoisotopic (exact) mass is 503 g/mol. The third-order valence-electron chi connectivity index (χ3n) is 5.72. The number of hydrogen-bond acceptors (Lipinski definition) is 4. The van der Waals surface area contributed by atoms with E-state index in [2.05, 4.69) is 50.0 Å². The van der Waals surface area contributed by atoms with Gasteiger partial charge in [0.1, 0.15) is 5.65 Å². The number of pyridine rings is 1. The molecule has 0 aliphatic carbocycles. The van der Waals surface area contributed by atoms with E-state index in [1.807, 2.05) is 47.6 Å². The molecule has 0 bridgehead atoms. The Morgan fingerprint density at radius 3 is 2.58 bits per heavy atom. The molecule has 1 aliphatic heterocycles. The van der Waals surface area contributed by atoms with Crippen molar-refractivity contribution in [1.82, 2.24) is 20.2 Å². The number of halogens is 2. The number of amides is 1. The van der Waals surface area contributed by atoms with Crippen LogP contribution in [0.1, 0.15) is 25.3 Å². The summed E-state index contributed by atoms with van der Waals surface area (Å²) in [6, 6.07) is 9.99. The van der Waals surface area contributed by atoms with Gasteiger partial charge in [-0.05, 0) is 39.7 Å². The molecule has 6 nitrogen and oxygen atoms in total. The predicted molar refractivity (Wildman–Crippen MR) is 130 cm³/mol. The van der Waals surface area contributed by atoms with E-state index in [4.69, 9.17) is 11.6 Å². The minimum Gasteiger partial charge on any atom is -0.366 e. The lowest BCUT2D eigenvalue weighted by molar-refractivity contribution is -0.133. The van der Waals surface area contributed by atoms with Crippen molar-refractivity contribution in [2.75, 3.05) is 37.6 Å². The highest BCUT2D eigenvalue weighted by Crippen LogP contribution is 2.34. The Kier molecular flexibility index (Phi) is 6.84. The molecule has 2 N–H and O–H groups in total. The molecule has 1 fully saturated rings. The number of carbonyl (C=O) groups is 1. The molecule has 3 aromatic rings. The zero-order valence-electron chi connectivity index (χ0n) is 17.7. The largest absolute Gasteiger partial charge is 0.366 e. The summed E-state index contributed by atoms with van der Waals surface area (Å²) in [7, 11) is 0. The molecule has 1 saturated heterocycles. The van der Waals surface area contributed by atoms with Gasteiger partial charge < -0.3 is 20.1 Å². The molecule has 31 heavy (non-hydrogen) atoms. The number of nitrogens with one attached hydrogen (secondary N) is 2. The van der Waals surface area contributed by atoms with E-state index in [1.165, 1.54) is 0 Å². The highest BCUT2D eigenvalue weighted by molar-refractivity contribution is 9.10. The van der Waals surface area contributed by atoms with Crippen molar-refractivity contribution in [3.05, 3.63) is 57.8 Å². The van der Waals surface area contributed by atoms with Crippen molar-refractivity contribution in [3.63, 3.8) is 0 Å². The number of anilines is 1. The number of hydrogen-bond donors (Lipinski definition) is 2.